The lowest BCUT2D eigenvalue weighted by Gasteiger charge is -2.20. The number of methoxy groups -OCH3 is 1. The van der Waals surface area contributed by atoms with Gasteiger partial charge in [-0.25, -0.2) is 9.98 Å². The highest BCUT2D eigenvalue weighted by Gasteiger charge is 2.13. The Balaban J connectivity index is 1.73. The average molecular weight is 501 g/mol. The number of aliphatic imine (C=N–C) groups is 2. The first-order chi connectivity index (χ1) is 16.7. The van der Waals surface area contributed by atoms with Crippen molar-refractivity contribution in [3.8, 4) is 5.88 Å². The smallest absolute Gasteiger partial charge is 0.307 e. The summed E-state index contributed by atoms with van der Waals surface area (Å²) in [5.74, 6) is 2.64. The van der Waals surface area contributed by atoms with E-state index < -0.39 is 0 Å². The second kappa shape index (κ2) is 13.8. The summed E-state index contributed by atoms with van der Waals surface area (Å²) in [7, 11) is 3.40. The molecular weight excluding hydrogens is 468 g/mol. The maximum atomic E-state index is 11.3. The number of thiazole rings is 1. The lowest BCUT2D eigenvalue weighted by molar-refractivity contribution is 0.176. The topological polar surface area (TPSA) is 109 Å². The van der Waals surface area contributed by atoms with E-state index in [0.29, 0.717) is 47.7 Å². The van der Waals surface area contributed by atoms with Crippen LogP contribution in [0.25, 0.3) is 0 Å². The van der Waals surface area contributed by atoms with Crippen LogP contribution in [0.5, 0.6) is 5.88 Å². The molecule has 0 spiro atoms. The van der Waals surface area contributed by atoms with Gasteiger partial charge in [0.1, 0.15) is 30.3 Å². The van der Waals surface area contributed by atoms with Crippen LogP contribution in [0.4, 0.5) is 0 Å². The van der Waals surface area contributed by atoms with Gasteiger partial charge in [-0.1, -0.05) is 42.7 Å². The molecule has 10 heteroatoms. The van der Waals surface area contributed by atoms with Gasteiger partial charge in [0.25, 0.3) is 0 Å². The number of nitrogens with zero attached hydrogens (tertiary/aromatic N) is 3. The number of H-pyrrole nitrogens is 1. The first-order valence-corrected chi connectivity index (χ1v) is 11.7. The predicted octanol–water partition coefficient (Wildman–Crippen LogP) is 4.40. The third-order valence-electron chi connectivity index (χ3n) is 4.88. The largest absolute Gasteiger partial charge is 0.497 e. The van der Waals surface area contributed by atoms with Crippen LogP contribution in [0.1, 0.15) is 24.6 Å². The highest BCUT2D eigenvalue weighted by molar-refractivity contribution is 7.09. The number of aromatic nitrogens is 1. The molecular formula is C25H32N4O5S. The molecule has 0 bridgehead atoms. The van der Waals surface area contributed by atoms with Gasteiger partial charge >= 0.3 is 4.87 Å². The van der Waals surface area contributed by atoms with Crippen molar-refractivity contribution in [2.75, 3.05) is 27.3 Å². The van der Waals surface area contributed by atoms with E-state index in [9.17, 15) is 9.90 Å². The van der Waals surface area contributed by atoms with Crippen molar-refractivity contribution in [2.24, 2.45) is 9.98 Å². The van der Waals surface area contributed by atoms with Crippen LogP contribution in [0.15, 0.2) is 87.5 Å². The van der Waals surface area contributed by atoms with Gasteiger partial charge in [-0.3, -0.25) is 9.78 Å². The summed E-state index contributed by atoms with van der Waals surface area (Å²) >= 11 is 1.03. The summed E-state index contributed by atoms with van der Waals surface area (Å²) in [6.45, 7) is 14.1. The molecule has 0 unspecified atom stereocenters. The van der Waals surface area contributed by atoms with Gasteiger partial charge in [0.05, 0.1) is 24.3 Å². The molecule has 1 aromatic rings. The SMILES string of the molecule is C=C(C=CC(=C)OC(C)=NC=NC(=C)N(C)CCOC1=CC=C(Cc2sc(=O)[nH]c2O)CC1)OC. The van der Waals surface area contributed by atoms with Gasteiger partial charge in [-0.05, 0) is 24.6 Å². The minimum Gasteiger partial charge on any atom is -0.497 e. The third-order valence-corrected chi connectivity index (χ3v) is 5.75. The van der Waals surface area contributed by atoms with Crippen LogP contribution >= 0.6 is 11.3 Å². The fraction of sp³-hybridized carbons (Fsp3) is 0.320. The van der Waals surface area contributed by atoms with Crippen LogP contribution in [0, 0.1) is 0 Å². The second-order valence-corrected chi connectivity index (χ2v) is 8.64. The fourth-order valence-electron chi connectivity index (χ4n) is 2.83. The molecule has 0 atom stereocenters. The standard InChI is InChI=1S/C25H32N4O5S/c1-17(32-6)7-8-18(2)34-20(4)27-16-26-19(3)29(5)13-14-33-22-11-9-21(10-12-22)15-23-24(30)28-25(31)35-23/h7-9,11,16,30H,1-3,10,12-15H2,4-6H3,(H,28,31). The Morgan fingerprint density at radius 2 is 2.00 bits per heavy atom. The first-order valence-electron chi connectivity index (χ1n) is 10.8. The van der Waals surface area contributed by atoms with Crippen molar-refractivity contribution in [3.63, 3.8) is 0 Å². The maximum Gasteiger partial charge on any atom is 0.307 e. The van der Waals surface area contributed by atoms with Crippen LogP contribution in [-0.4, -0.2) is 54.5 Å². The highest BCUT2D eigenvalue weighted by atomic mass is 32.1. The molecule has 0 aliphatic heterocycles. The van der Waals surface area contributed by atoms with Gasteiger partial charge in [0, 0.05) is 26.8 Å². The van der Waals surface area contributed by atoms with Crippen LogP contribution < -0.4 is 4.87 Å². The molecule has 0 saturated heterocycles. The Hall–Kier alpha value is -3.79. The van der Waals surface area contributed by atoms with Crippen molar-refractivity contribution < 1.29 is 19.3 Å². The van der Waals surface area contributed by atoms with Gasteiger partial charge in [-0.15, -0.1) is 0 Å². The highest BCUT2D eigenvalue weighted by Crippen LogP contribution is 2.26. The van der Waals surface area contributed by atoms with Gasteiger partial charge in [0.2, 0.25) is 5.88 Å². The summed E-state index contributed by atoms with van der Waals surface area (Å²) in [4.78, 5) is 24.3. The Morgan fingerprint density at radius 3 is 2.63 bits per heavy atom. The molecule has 1 aliphatic carbocycles. The molecule has 0 saturated carbocycles. The number of ether oxygens (including phenoxy) is 3. The fourth-order valence-corrected chi connectivity index (χ4v) is 3.61. The zero-order valence-corrected chi connectivity index (χ0v) is 21.2. The van der Waals surface area contributed by atoms with E-state index in [1.54, 1.807) is 19.1 Å². The van der Waals surface area contributed by atoms with Crippen molar-refractivity contribution >= 4 is 23.6 Å². The van der Waals surface area contributed by atoms with E-state index >= 15 is 0 Å². The molecule has 1 aromatic heterocycles. The number of hydrogen-bond acceptors (Lipinski definition) is 8. The number of allylic oxidation sites excluding steroid dienone is 6. The summed E-state index contributed by atoms with van der Waals surface area (Å²) in [5, 5.41) is 9.73. The van der Waals surface area contributed by atoms with Crippen molar-refractivity contribution in [1.82, 2.24) is 9.88 Å². The van der Waals surface area contributed by atoms with E-state index in [4.69, 9.17) is 14.2 Å². The first kappa shape index (κ1) is 27.5. The lowest BCUT2D eigenvalue weighted by atomic mass is 10.0. The molecule has 2 rings (SSSR count). The van der Waals surface area contributed by atoms with Crippen molar-refractivity contribution in [3.05, 3.63) is 87.3 Å². The number of nitrogens with one attached hydrogen (secondary N) is 1. The number of aromatic amines is 1. The molecule has 0 fully saturated rings. The van der Waals surface area contributed by atoms with Crippen LogP contribution in [0.3, 0.4) is 0 Å². The molecule has 0 radical (unpaired) electrons. The summed E-state index contributed by atoms with van der Waals surface area (Å²) < 4.78 is 16.2. The molecule has 9 nitrogen and oxygen atoms in total. The van der Waals surface area contributed by atoms with Crippen LogP contribution in [-0.2, 0) is 20.6 Å². The lowest BCUT2D eigenvalue weighted by Crippen LogP contribution is -2.21. The predicted molar refractivity (Wildman–Crippen MR) is 141 cm³/mol. The summed E-state index contributed by atoms with van der Waals surface area (Å²) in [6.07, 6.45) is 10.7. The zero-order valence-electron chi connectivity index (χ0n) is 20.4. The molecule has 35 heavy (non-hydrogen) atoms. The number of aromatic hydroxyl groups is 1. The Kier molecular flexibility index (Phi) is 10.8. The van der Waals surface area contributed by atoms with Crippen LogP contribution in [0.2, 0.25) is 0 Å². The maximum absolute atomic E-state index is 11.3. The zero-order chi connectivity index (χ0) is 25.8. The number of rotatable bonds is 13. The van der Waals surface area contributed by atoms with Crippen molar-refractivity contribution in [1.29, 1.82) is 0 Å². The number of likely N-dealkylation sites (N-methyl/N-ethyl adjacent to an activating group) is 1. The molecule has 1 heterocycles. The monoisotopic (exact) mass is 500 g/mol. The molecule has 1 aliphatic rings. The average Bonchev–Trinajstić information content (AvgIpc) is 3.14. The molecule has 188 valence electrons. The summed E-state index contributed by atoms with van der Waals surface area (Å²) in [6, 6.07) is 0. The quantitative estimate of drug-likeness (QED) is 0.180. The minimum atomic E-state index is -0.247. The Bertz CT molecular complexity index is 1140. The van der Waals surface area contributed by atoms with Gasteiger partial charge < -0.3 is 24.2 Å². The minimum absolute atomic E-state index is 0.0431. The second-order valence-electron chi connectivity index (χ2n) is 7.57. The van der Waals surface area contributed by atoms with E-state index in [-0.39, 0.29) is 10.8 Å². The van der Waals surface area contributed by atoms with E-state index in [1.807, 2.05) is 24.1 Å². The Labute approximate surface area is 209 Å². The van der Waals surface area contributed by atoms with E-state index in [1.165, 1.54) is 13.4 Å². The third kappa shape index (κ3) is 9.93. The molecule has 0 aromatic carbocycles. The summed E-state index contributed by atoms with van der Waals surface area (Å²) in [5.41, 5.74) is 1.14. The number of hydrogen-bond donors (Lipinski definition) is 2. The van der Waals surface area contributed by atoms with Crippen molar-refractivity contribution in [2.45, 2.75) is 26.2 Å². The van der Waals surface area contributed by atoms with Gasteiger partial charge in [-0.2, -0.15) is 0 Å². The molecule has 0 amide bonds. The normalized spacial score (nSPS) is 14.0. The van der Waals surface area contributed by atoms with Gasteiger partial charge in [0.15, 0.2) is 5.90 Å². The van der Waals surface area contributed by atoms with E-state index in [0.717, 1.165) is 35.5 Å². The van der Waals surface area contributed by atoms with E-state index in [2.05, 4.69) is 34.7 Å². The Morgan fingerprint density at radius 1 is 1.26 bits per heavy atom. The molecule has 2 N–H and O–H groups in total.